The molecular weight excluding hydrogens is 328 g/mol. The number of aryl methyl sites for hydroxylation is 1. The molecule has 0 saturated carbocycles. The minimum Gasteiger partial charge on any atom is -0.491 e. The molecular formula is C17H26N2O4S. The predicted octanol–water partition coefficient (Wildman–Crippen LogP) is 1.55. The maximum atomic E-state index is 12.3. The molecule has 1 aliphatic rings. The Bertz CT molecular complexity index is 667. The summed E-state index contributed by atoms with van der Waals surface area (Å²) in [7, 11) is -3.16. The Hall–Kier alpha value is -1.60. The zero-order chi connectivity index (χ0) is 17.7. The number of sulfonamides is 1. The molecule has 7 heteroatoms. The average molecular weight is 354 g/mol. The number of nitrogens with zero attached hydrogens (tertiary/aromatic N) is 1. The lowest BCUT2D eigenvalue weighted by molar-refractivity contribution is -0.126. The molecule has 1 aromatic rings. The molecule has 1 atom stereocenters. The number of nitrogens with one attached hydrogen (secondary N) is 1. The molecule has 1 unspecified atom stereocenters. The lowest BCUT2D eigenvalue weighted by Crippen LogP contribution is -2.45. The SMILES string of the molecule is Cc1ccccc1OCC(C)NC(=O)C1CCN(S(C)(=O)=O)CC1. The molecule has 1 saturated heterocycles. The highest BCUT2D eigenvalue weighted by Crippen LogP contribution is 2.20. The maximum Gasteiger partial charge on any atom is 0.223 e. The summed E-state index contributed by atoms with van der Waals surface area (Å²) in [6, 6.07) is 7.65. The quantitative estimate of drug-likeness (QED) is 0.841. The van der Waals surface area contributed by atoms with Gasteiger partial charge in [-0.1, -0.05) is 18.2 Å². The van der Waals surface area contributed by atoms with Gasteiger partial charge in [0.2, 0.25) is 15.9 Å². The number of piperidine rings is 1. The van der Waals surface area contributed by atoms with E-state index in [1.807, 2.05) is 38.1 Å². The van der Waals surface area contributed by atoms with Crippen LogP contribution in [0.4, 0.5) is 0 Å². The van der Waals surface area contributed by atoms with E-state index in [1.165, 1.54) is 10.6 Å². The van der Waals surface area contributed by atoms with Crippen molar-refractivity contribution in [2.45, 2.75) is 32.7 Å². The number of hydrogen-bond donors (Lipinski definition) is 1. The van der Waals surface area contributed by atoms with Crippen molar-refractivity contribution in [3.63, 3.8) is 0 Å². The molecule has 0 aliphatic carbocycles. The topological polar surface area (TPSA) is 75.7 Å². The summed E-state index contributed by atoms with van der Waals surface area (Å²) in [4.78, 5) is 12.3. The van der Waals surface area contributed by atoms with E-state index < -0.39 is 10.0 Å². The van der Waals surface area contributed by atoms with Crippen LogP contribution in [0.3, 0.4) is 0 Å². The van der Waals surface area contributed by atoms with E-state index in [-0.39, 0.29) is 17.9 Å². The van der Waals surface area contributed by atoms with Crippen molar-refractivity contribution < 1.29 is 17.9 Å². The van der Waals surface area contributed by atoms with Gasteiger partial charge < -0.3 is 10.1 Å². The van der Waals surface area contributed by atoms with Crippen LogP contribution in [0.5, 0.6) is 5.75 Å². The molecule has 134 valence electrons. The maximum absolute atomic E-state index is 12.3. The fraction of sp³-hybridized carbons (Fsp3) is 0.588. The van der Waals surface area contributed by atoms with Gasteiger partial charge in [-0.05, 0) is 38.3 Å². The zero-order valence-corrected chi connectivity index (χ0v) is 15.3. The van der Waals surface area contributed by atoms with Crippen LogP contribution in [-0.2, 0) is 14.8 Å². The van der Waals surface area contributed by atoms with E-state index in [9.17, 15) is 13.2 Å². The summed E-state index contributed by atoms with van der Waals surface area (Å²) < 4.78 is 30.2. The lowest BCUT2D eigenvalue weighted by Gasteiger charge is -2.30. The van der Waals surface area contributed by atoms with Gasteiger partial charge in [-0.3, -0.25) is 4.79 Å². The summed E-state index contributed by atoms with van der Waals surface area (Å²) >= 11 is 0. The van der Waals surface area contributed by atoms with Crippen molar-refractivity contribution in [2.24, 2.45) is 5.92 Å². The van der Waals surface area contributed by atoms with Gasteiger partial charge in [-0.2, -0.15) is 0 Å². The van der Waals surface area contributed by atoms with E-state index in [0.29, 0.717) is 32.5 Å². The summed E-state index contributed by atoms with van der Waals surface area (Å²) in [5.41, 5.74) is 1.06. The van der Waals surface area contributed by atoms with Gasteiger partial charge >= 0.3 is 0 Å². The van der Waals surface area contributed by atoms with Crippen molar-refractivity contribution in [1.82, 2.24) is 9.62 Å². The van der Waals surface area contributed by atoms with E-state index in [0.717, 1.165) is 11.3 Å². The van der Waals surface area contributed by atoms with Gasteiger partial charge in [0.15, 0.2) is 0 Å². The Balaban J connectivity index is 1.77. The van der Waals surface area contributed by atoms with Gasteiger partial charge in [0, 0.05) is 19.0 Å². The summed E-state index contributed by atoms with van der Waals surface area (Å²) in [6.45, 7) is 5.10. The molecule has 0 bridgehead atoms. The molecule has 1 fully saturated rings. The molecule has 1 aliphatic heterocycles. The van der Waals surface area contributed by atoms with Crippen molar-refractivity contribution in [2.75, 3.05) is 26.0 Å². The molecule has 24 heavy (non-hydrogen) atoms. The van der Waals surface area contributed by atoms with E-state index in [2.05, 4.69) is 5.32 Å². The zero-order valence-electron chi connectivity index (χ0n) is 14.5. The van der Waals surface area contributed by atoms with Crippen molar-refractivity contribution in [3.8, 4) is 5.75 Å². The van der Waals surface area contributed by atoms with E-state index in [1.54, 1.807) is 0 Å². The minimum absolute atomic E-state index is 0.0240. The molecule has 1 heterocycles. The molecule has 2 rings (SSSR count). The Morgan fingerprint density at radius 2 is 1.96 bits per heavy atom. The van der Waals surface area contributed by atoms with Crippen molar-refractivity contribution in [3.05, 3.63) is 29.8 Å². The number of ether oxygens (including phenoxy) is 1. The molecule has 1 N–H and O–H groups in total. The van der Waals surface area contributed by atoms with Gasteiger partial charge in [0.25, 0.3) is 0 Å². The summed E-state index contributed by atoms with van der Waals surface area (Å²) in [6.07, 6.45) is 2.33. The Kier molecular flexibility index (Phi) is 6.23. The average Bonchev–Trinajstić information content (AvgIpc) is 2.53. The van der Waals surface area contributed by atoms with Crippen LogP contribution in [-0.4, -0.2) is 50.6 Å². The third-order valence-corrected chi connectivity index (χ3v) is 5.57. The molecule has 0 radical (unpaired) electrons. The largest absolute Gasteiger partial charge is 0.491 e. The van der Waals surface area contributed by atoms with E-state index >= 15 is 0 Å². The molecule has 1 amide bonds. The van der Waals surface area contributed by atoms with Gasteiger partial charge in [-0.25, -0.2) is 12.7 Å². The van der Waals surface area contributed by atoms with Gasteiger partial charge in [0.1, 0.15) is 12.4 Å². The van der Waals surface area contributed by atoms with Crippen molar-refractivity contribution >= 4 is 15.9 Å². The highest BCUT2D eigenvalue weighted by atomic mass is 32.2. The third kappa shape index (κ3) is 5.21. The standard InChI is InChI=1S/C17H26N2O4S/c1-13-6-4-5-7-16(13)23-12-14(2)18-17(20)15-8-10-19(11-9-15)24(3,21)22/h4-7,14-15H,8-12H2,1-3H3,(H,18,20). The first-order valence-corrected chi connectivity index (χ1v) is 10.1. The van der Waals surface area contributed by atoms with Crippen LogP contribution < -0.4 is 10.1 Å². The normalized spacial score (nSPS) is 18.1. The molecule has 6 nitrogen and oxygen atoms in total. The third-order valence-electron chi connectivity index (χ3n) is 4.26. The summed E-state index contributed by atoms with van der Waals surface area (Å²) in [5, 5.41) is 2.96. The highest BCUT2D eigenvalue weighted by Gasteiger charge is 2.29. The second-order valence-corrected chi connectivity index (χ2v) is 8.40. The number of amides is 1. The fourth-order valence-electron chi connectivity index (χ4n) is 2.79. The van der Waals surface area contributed by atoms with Crippen LogP contribution in [0.15, 0.2) is 24.3 Å². The smallest absolute Gasteiger partial charge is 0.223 e. The highest BCUT2D eigenvalue weighted by molar-refractivity contribution is 7.88. The molecule has 0 aromatic heterocycles. The molecule has 0 spiro atoms. The second kappa shape index (κ2) is 7.98. The predicted molar refractivity (Wildman–Crippen MR) is 93.4 cm³/mol. The number of rotatable bonds is 6. The minimum atomic E-state index is -3.16. The van der Waals surface area contributed by atoms with Crippen LogP contribution in [0, 0.1) is 12.8 Å². The van der Waals surface area contributed by atoms with Crippen LogP contribution in [0.2, 0.25) is 0 Å². The van der Waals surface area contributed by atoms with Crippen LogP contribution in [0.25, 0.3) is 0 Å². The Morgan fingerprint density at radius 1 is 1.33 bits per heavy atom. The first kappa shape index (κ1) is 18.7. The Labute approximate surface area is 144 Å². The van der Waals surface area contributed by atoms with E-state index in [4.69, 9.17) is 4.74 Å². The number of para-hydroxylation sites is 1. The Morgan fingerprint density at radius 3 is 2.54 bits per heavy atom. The van der Waals surface area contributed by atoms with Crippen molar-refractivity contribution in [1.29, 1.82) is 0 Å². The second-order valence-electron chi connectivity index (χ2n) is 6.42. The van der Waals surface area contributed by atoms with Crippen LogP contribution in [0.1, 0.15) is 25.3 Å². The monoisotopic (exact) mass is 354 g/mol. The molecule has 1 aromatic carbocycles. The fourth-order valence-corrected chi connectivity index (χ4v) is 3.66. The van der Waals surface area contributed by atoms with Crippen LogP contribution >= 0.6 is 0 Å². The number of benzene rings is 1. The van der Waals surface area contributed by atoms with Gasteiger partial charge in [-0.15, -0.1) is 0 Å². The first-order valence-electron chi connectivity index (χ1n) is 8.21. The number of carbonyl (C=O) groups excluding carboxylic acids is 1. The summed E-state index contributed by atoms with van der Waals surface area (Å²) in [5.74, 6) is 0.660. The number of hydrogen-bond acceptors (Lipinski definition) is 4. The number of carbonyl (C=O) groups is 1. The lowest BCUT2D eigenvalue weighted by atomic mass is 9.97. The van der Waals surface area contributed by atoms with Gasteiger partial charge in [0.05, 0.1) is 12.3 Å². The first-order chi connectivity index (χ1) is 11.3.